The van der Waals surface area contributed by atoms with Crippen molar-refractivity contribution < 1.29 is 9.59 Å². The van der Waals surface area contributed by atoms with Gasteiger partial charge in [-0.2, -0.15) is 0 Å². The van der Waals surface area contributed by atoms with E-state index >= 15 is 0 Å². The number of rotatable bonds is 2. The summed E-state index contributed by atoms with van der Waals surface area (Å²) in [5.41, 5.74) is 6.19. The number of nitrogens with two attached hydrogens (primary N) is 1. The molecule has 1 saturated heterocycles. The van der Waals surface area contributed by atoms with E-state index < -0.39 is 0 Å². The van der Waals surface area contributed by atoms with E-state index in [1.54, 1.807) is 11.9 Å². The molecule has 0 aromatic carbocycles. The summed E-state index contributed by atoms with van der Waals surface area (Å²) >= 11 is 0. The maximum absolute atomic E-state index is 12.4. The Morgan fingerprint density at radius 1 is 1.32 bits per heavy atom. The minimum Gasteiger partial charge on any atom is -0.351 e. The summed E-state index contributed by atoms with van der Waals surface area (Å²) in [4.78, 5) is 25.5. The summed E-state index contributed by atoms with van der Waals surface area (Å²) in [7, 11) is 1.80. The van der Waals surface area contributed by atoms with E-state index in [0.29, 0.717) is 24.8 Å². The van der Waals surface area contributed by atoms with Crippen LogP contribution in [0.25, 0.3) is 0 Å². The average Bonchev–Trinajstić information content (AvgIpc) is 2.94. The van der Waals surface area contributed by atoms with Gasteiger partial charge in [0.2, 0.25) is 11.8 Å². The van der Waals surface area contributed by atoms with Gasteiger partial charge in [-0.3, -0.25) is 9.59 Å². The molecule has 106 valence electrons. The number of fused-ring (bicyclic) bond motifs is 2. The van der Waals surface area contributed by atoms with Crippen LogP contribution in [0.5, 0.6) is 0 Å². The fourth-order valence-corrected chi connectivity index (χ4v) is 4.15. The van der Waals surface area contributed by atoms with Crippen LogP contribution >= 0.6 is 0 Å². The Morgan fingerprint density at radius 3 is 2.68 bits per heavy atom. The molecule has 2 bridgehead atoms. The fourth-order valence-electron chi connectivity index (χ4n) is 4.15. The number of hydrogen-bond donors (Lipinski definition) is 2. The standard InChI is InChI=1S/C14H23N3O2/c1-17-7-10(4-5-11(17)18)16-14(19)12-8-2-3-9(6-8)13(12)15/h8-10,12-13H,2-7,15H2,1H3,(H,16,19). The van der Waals surface area contributed by atoms with Crippen molar-refractivity contribution in [2.45, 2.75) is 44.2 Å². The molecule has 2 saturated carbocycles. The van der Waals surface area contributed by atoms with Gasteiger partial charge in [-0.05, 0) is 37.5 Å². The molecule has 3 fully saturated rings. The van der Waals surface area contributed by atoms with Gasteiger partial charge < -0.3 is 16.0 Å². The maximum atomic E-state index is 12.4. The molecular formula is C14H23N3O2. The Kier molecular flexibility index (Phi) is 3.25. The predicted molar refractivity (Wildman–Crippen MR) is 71.1 cm³/mol. The van der Waals surface area contributed by atoms with Crippen LogP contribution in [0.2, 0.25) is 0 Å². The predicted octanol–water partition coefficient (Wildman–Crippen LogP) is 0.0968. The Bertz CT molecular complexity index is 396. The van der Waals surface area contributed by atoms with Gasteiger partial charge in [-0.1, -0.05) is 0 Å². The highest BCUT2D eigenvalue weighted by molar-refractivity contribution is 5.81. The minimum atomic E-state index is 0.00156. The van der Waals surface area contributed by atoms with E-state index in [1.807, 2.05) is 0 Å². The number of likely N-dealkylation sites (tertiary alicyclic amines) is 1. The van der Waals surface area contributed by atoms with Gasteiger partial charge in [0.1, 0.15) is 0 Å². The van der Waals surface area contributed by atoms with Crippen molar-refractivity contribution in [2.75, 3.05) is 13.6 Å². The molecule has 1 heterocycles. The van der Waals surface area contributed by atoms with Crippen LogP contribution in [0.4, 0.5) is 0 Å². The lowest BCUT2D eigenvalue weighted by Gasteiger charge is -2.33. The second-order valence-corrected chi connectivity index (χ2v) is 6.45. The van der Waals surface area contributed by atoms with Crippen LogP contribution in [0, 0.1) is 17.8 Å². The lowest BCUT2D eigenvalue weighted by Crippen LogP contribution is -2.53. The third-order valence-corrected chi connectivity index (χ3v) is 5.26. The van der Waals surface area contributed by atoms with Gasteiger partial charge in [-0.25, -0.2) is 0 Å². The molecular weight excluding hydrogens is 242 g/mol. The summed E-state index contributed by atoms with van der Waals surface area (Å²) in [5, 5.41) is 3.11. The van der Waals surface area contributed by atoms with Crippen LogP contribution in [0.15, 0.2) is 0 Å². The number of nitrogens with zero attached hydrogens (tertiary/aromatic N) is 1. The van der Waals surface area contributed by atoms with Crippen LogP contribution < -0.4 is 11.1 Å². The van der Waals surface area contributed by atoms with Crippen molar-refractivity contribution in [3.63, 3.8) is 0 Å². The summed E-state index contributed by atoms with van der Waals surface area (Å²) in [6.45, 7) is 0.626. The quantitative estimate of drug-likeness (QED) is 0.743. The van der Waals surface area contributed by atoms with Gasteiger partial charge in [0.15, 0.2) is 0 Å². The molecule has 3 aliphatic rings. The van der Waals surface area contributed by atoms with Crippen LogP contribution in [-0.2, 0) is 9.59 Å². The lowest BCUT2D eigenvalue weighted by molar-refractivity contribution is -0.135. The summed E-state index contributed by atoms with van der Waals surface area (Å²) in [6.07, 6.45) is 4.76. The maximum Gasteiger partial charge on any atom is 0.225 e. The van der Waals surface area contributed by atoms with Gasteiger partial charge in [-0.15, -0.1) is 0 Å². The first-order valence-corrected chi connectivity index (χ1v) is 7.36. The first-order valence-electron chi connectivity index (χ1n) is 7.36. The second kappa shape index (κ2) is 4.78. The zero-order valence-electron chi connectivity index (χ0n) is 11.5. The Hall–Kier alpha value is -1.10. The van der Waals surface area contributed by atoms with Crippen LogP contribution in [0.1, 0.15) is 32.1 Å². The summed E-state index contributed by atoms with van der Waals surface area (Å²) in [5.74, 6) is 1.33. The molecule has 0 aromatic heterocycles. The Morgan fingerprint density at radius 2 is 2.05 bits per heavy atom. The number of nitrogens with one attached hydrogen (secondary N) is 1. The van der Waals surface area contributed by atoms with Crippen molar-refractivity contribution in [3.05, 3.63) is 0 Å². The van der Waals surface area contributed by atoms with E-state index in [4.69, 9.17) is 5.73 Å². The minimum absolute atomic E-state index is 0.00156. The molecule has 2 aliphatic carbocycles. The summed E-state index contributed by atoms with van der Waals surface area (Å²) in [6, 6.07) is 0.142. The highest BCUT2D eigenvalue weighted by Crippen LogP contribution is 2.47. The SMILES string of the molecule is CN1CC(NC(=O)C2C3CCC(C3)C2N)CCC1=O. The first kappa shape index (κ1) is 12.9. The number of piperidine rings is 1. The molecule has 0 aromatic rings. The molecule has 3 rings (SSSR count). The second-order valence-electron chi connectivity index (χ2n) is 6.45. The van der Waals surface area contributed by atoms with Gasteiger partial charge in [0, 0.05) is 32.1 Å². The van der Waals surface area contributed by atoms with Crippen molar-refractivity contribution in [1.29, 1.82) is 0 Å². The zero-order valence-corrected chi connectivity index (χ0v) is 11.5. The number of amides is 2. The molecule has 5 heteroatoms. The van der Waals surface area contributed by atoms with Crippen molar-refractivity contribution >= 4 is 11.8 Å². The smallest absolute Gasteiger partial charge is 0.225 e. The molecule has 19 heavy (non-hydrogen) atoms. The highest BCUT2D eigenvalue weighted by Gasteiger charge is 2.49. The monoisotopic (exact) mass is 265 g/mol. The van der Waals surface area contributed by atoms with E-state index in [0.717, 1.165) is 19.3 Å². The third-order valence-electron chi connectivity index (χ3n) is 5.26. The molecule has 1 aliphatic heterocycles. The molecule has 3 N–H and O–H groups in total. The largest absolute Gasteiger partial charge is 0.351 e. The van der Waals surface area contributed by atoms with Crippen molar-refractivity contribution in [2.24, 2.45) is 23.5 Å². The van der Waals surface area contributed by atoms with Crippen molar-refractivity contribution in [1.82, 2.24) is 10.2 Å². The zero-order chi connectivity index (χ0) is 13.6. The van der Waals surface area contributed by atoms with Gasteiger partial charge in [0.25, 0.3) is 0 Å². The van der Waals surface area contributed by atoms with Gasteiger partial charge in [0.05, 0.1) is 5.92 Å². The van der Waals surface area contributed by atoms with Crippen LogP contribution in [-0.4, -0.2) is 42.4 Å². The van der Waals surface area contributed by atoms with E-state index in [9.17, 15) is 9.59 Å². The molecule has 2 amide bonds. The summed E-state index contributed by atoms with van der Waals surface area (Å²) < 4.78 is 0. The Balaban J connectivity index is 1.58. The lowest BCUT2D eigenvalue weighted by atomic mass is 9.84. The normalized spacial score (nSPS) is 41.7. The van der Waals surface area contributed by atoms with Gasteiger partial charge >= 0.3 is 0 Å². The van der Waals surface area contributed by atoms with E-state index in [1.165, 1.54) is 6.42 Å². The Labute approximate surface area is 113 Å². The topological polar surface area (TPSA) is 75.4 Å². The van der Waals surface area contributed by atoms with E-state index in [-0.39, 0.29) is 29.8 Å². The van der Waals surface area contributed by atoms with Crippen molar-refractivity contribution in [3.8, 4) is 0 Å². The van der Waals surface area contributed by atoms with E-state index in [2.05, 4.69) is 5.32 Å². The third kappa shape index (κ3) is 2.24. The molecule has 5 unspecified atom stereocenters. The molecule has 0 radical (unpaired) electrons. The number of carbonyl (C=O) groups is 2. The molecule has 5 nitrogen and oxygen atoms in total. The fraction of sp³-hybridized carbons (Fsp3) is 0.857. The molecule has 5 atom stereocenters. The number of likely N-dealkylation sites (N-methyl/N-ethyl adjacent to an activating group) is 1. The molecule has 0 spiro atoms. The number of hydrogen-bond acceptors (Lipinski definition) is 3. The first-order chi connectivity index (χ1) is 9.06. The number of carbonyl (C=O) groups excluding carboxylic acids is 2. The highest BCUT2D eigenvalue weighted by atomic mass is 16.2. The van der Waals surface area contributed by atoms with Crippen LogP contribution in [0.3, 0.4) is 0 Å². The average molecular weight is 265 g/mol.